The topological polar surface area (TPSA) is 25.4 Å². The lowest BCUT2D eigenvalue weighted by molar-refractivity contribution is -0.107. The van der Waals surface area contributed by atoms with Crippen molar-refractivity contribution in [3.05, 3.63) is 82.3 Å². The lowest BCUT2D eigenvalue weighted by Gasteiger charge is -2.28. The molecule has 1 aromatic heterocycles. The molecule has 2 aliphatic rings. The number of aryl methyl sites for hydroxylation is 2. The van der Waals surface area contributed by atoms with Crippen molar-refractivity contribution in [1.82, 2.24) is 10.0 Å². The third-order valence-electron chi connectivity index (χ3n) is 5.03. The zero-order valence-corrected chi connectivity index (χ0v) is 14.9. The van der Waals surface area contributed by atoms with E-state index in [2.05, 4.69) is 24.8 Å². The molecule has 2 aromatic rings. The summed E-state index contributed by atoms with van der Waals surface area (Å²) < 4.78 is 0. The van der Waals surface area contributed by atoms with Gasteiger partial charge in [-0.3, -0.25) is 4.98 Å². The van der Waals surface area contributed by atoms with Gasteiger partial charge in [0.25, 0.3) is 0 Å². The Hall–Kier alpha value is -2.10. The van der Waals surface area contributed by atoms with Crippen molar-refractivity contribution >= 4 is 17.2 Å². The van der Waals surface area contributed by atoms with Crippen molar-refractivity contribution in [2.24, 2.45) is 0 Å². The molecule has 128 valence electrons. The van der Waals surface area contributed by atoms with E-state index in [-0.39, 0.29) is 0 Å². The summed E-state index contributed by atoms with van der Waals surface area (Å²) >= 11 is 6.26. The van der Waals surface area contributed by atoms with E-state index in [0.29, 0.717) is 0 Å². The van der Waals surface area contributed by atoms with Crippen LogP contribution in [-0.4, -0.2) is 23.1 Å². The van der Waals surface area contributed by atoms with Gasteiger partial charge in [-0.2, -0.15) is 0 Å². The van der Waals surface area contributed by atoms with Gasteiger partial charge in [0.05, 0.1) is 5.69 Å². The van der Waals surface area contributed by atoms with Crippen LogP contribution in [0.3, 0.4) is 0 Å². The first kappa shape index (κ1) is 16.4. The molecule has 0 radical (unpaired) electrons. The van der Waals surface area contributed by atoms with Gasteiger partial charge in [-0.05, 0) is 60.6 Å². The molecule has 4 rings (SSSR count). The highest BCUT2D eigenvalue weighted by Gasteiger charge is 2.25. The summed E-state index contributed by atoms with van der Waals surface area (Å²) in [4.78, 5) is 10.2. The first-order chi connectivity index (χ1) is 12.3. The molecule has 1 aliphatic carbocycles. The van der Waals surface area contributed by atoms with Gasteiger partial charge in [0.2, 0.25) is 0 Å². The summed E-state index contributed by atoms with van der Waals surface area (Å²) in [7, 11) is 0. The Labute approximate surface area is 153 Å². The lowest BCUT2D eigenvalue weighted by atomic mass is 9.89. The van der Waals surface area contributed by atoms with Crippen LogP contribution in [0.2, 0.25) is 5.02 Å². The summed E-state index contributed by atoms with van der Waals surface area (Å²) in [5, 5.41) is 2.77. The third kappa shape index (κ3) is 3.22. The molecular weight excluding hydrogens is 332 g/mol. The Morgan fingerprint density at radius 3 is 2.68 bits per heavy atom. The van der Waals surface area contributed by atoms with Crippen molar-refractivity contribution < 1.29 is 4.84 Å². The SMILES string of the molecule is C=CON1CCC(=C2c3ccc(Cl)cc3CCc3cccnc32)CC1. The van der Waals surface area contributed by atoms with Crippen molar-refractivity contribution in [1.29, 1.82) is 0 Å². The van der Waals surface area contributed by atoms with E-state index >= 15 is 0 Å². The second-order valence-corrected chi connectivity index (χ2v) is 6.93. The molecule has 1 fully saturated rings. The molecule has 0 N–H and O–H groups in total. The van der Waals surface area contributed by atoms with E-state index in [0.717, 1.165) is 49.5 Å². The minimum atomic E-state index is 0.802. The molecule has 0 saturated carbocycles. The number of nitrogens with zero attached hydrogens (tertiary/aromatic N) is 2. The van der Waals surface area contributed by atoms with Gasteiger partial charge in [0.1, 0.15) is 6.26 Å². The van der Waals surface area contributed by atoms with Crippen LogP contribution in [0, 0.1) is 0 Å². The zero-order chi connectivity index (χ0) is 17.2. The van der Waals surface area contributed by atoms with Gasteiger partial charge >= 0.3 is 0 Å². The summed E-state index contributed by atoms with van der Waals surface area (Å²) in [5.74, 6) is 0. The van der Waals surface area contributed by atoms with E-state index in [4.69, 9.17) is 21.4 Å². The molecule has 1 aromatic carbocycles. The first-order valence-corrected chi connectivity index (χ1v) is 9.12. The summed E-state index contributed by atoms with van der Waals surface area (Å²) in [6.07, 6.45) is 7.34. The Kier molecular flexibility index (Phi) is 4.60. The van der Waals surface area contributed by atoms with Crippen LogP contribution in [-0.2, 0) is 17.7 Å². The largest absolute Gasteiger partial charge is 0.414 e. The number of rotatable bonds is 2. The van der Waals surface area contributed by atoms with Crippen LogP contribution in [0.1, 0.15) is 35.2 Å². The monoisotopic (exact) mass is 352 g/mol. The van der Waals surface area contributed by atoms with E-state index in [1.807, 2.05) is 23.4 Å². The van der Waals surface area contributed by atoms with E-state index < -0.39 is 0 Å². The Morgan fingerprint density at radius 1 is 1.08 bits per heavy atom. The highest BCUT2D eigenvalue weighted by Crippen LogP contribution is 2.38. The number of halogens is 1. The Morgan fingerprint density at radius 2 is 1.88 bits per heavy atom. The molecule has 1 aliphatic heterocycles. The average Bonchev–Trinajstić information content (AvgIpc) is 2.79. The molecule has 0 atom stereocenters. The molecule has 0 spiro atoms. The lowest BCUT2D eigenvalue weighted by Crippen LogP contribution is -2.29. The maximum absolute atomic E-state index is 6.26. The quantitative estimate of drug-likeness (QED) is 0.725. The number of benzene rings is 1. The number of hydrogen-bond acceptors (Lipinski definition) is 3. The molecule has 4 heteroatoms. The Bertz CT molecular complexity index is 834. The minimum Gasteiger partial charge on any atom is -0.414 e. The van der Waals surface area contributed by atoms with E-state index in [1.54, 1.807) is 0 Å². The maximum Gasteiger partial charge on any atom is 0.104 e. The maximum atomic E-state index is 6.26. The van der Waals surface area contributed by atoms with Crippen molar-refractivity contribution in [3.63, 3.8) is 0 Å². The van der Waals surface area contributed by atoms with Crippen LogP contribution in [0.15, 0.2) is 54.9 Å². The molecule has 1 saturated heterocycles. The van der Waals surface area contributed by atoms with E-state index in [1.165, 1.54) is 34.1 Å². The highest BCUT2D eigenvalue weighted by molar-refractivity contribution is 6.30. The minimum absolute atomic E-state index is 0.802. The fourth-order valence-electron chi connectivity index (χ4n) is 3.85. The highest BCUT2D eigenvalue weighted by atomic mass is 35.5. The average molecular weight is 353 g/mol. The van der Waals surface area contributed by atoms with Crippen LogP contribution >= 0.6 is 11.6 Å². The van der Waals surface area contributed by atoms with Crippen LogP contribution < -0.4 is 0 Å². The van der Waals surface area contributed by atoms with Crippen molar-refractivity contribution in [2.75, 3.05) is 13.1 Å². The molecule has 2 heterocycles. The third-order valence-corrected chi connectivity index (χ3v) is 5.27. The van der Waals surface area contributed by atoms with Gasteiger partial charge < -0.3 is 4.84 Å². The molecule has 3 nitrogen and oxygen atoms in total. The number of pyridine rings is 1. The predicted molar refractivity (Wildman–Crippen MR) is 101 cm³/mol. The van der Waals surface area contributed by atoms with Crippen molar-refractivity contribution in [3.8, 4) is 0 Å². The molecule has 0 bridgehead atoms. The number of hydroxylamine groups is 2. The summed E-state index contributed by atoms with van der Waals surface area (Å²) in [6.45, 7) is 5.39. The summed E-state index contributed by atoms with van der Waals surface area (Å²) in [5.41, 5.74) is 7.82. The zero-order valence-electron chi connectivity index (χ0n) is 14.2. The van der Waals surface area contributed by atoms with Gasteiger partial charge in [-0.1, -0.05) is 35.9 Å². The smallest absolute Gasteiger partial charge is 0.104 e. The first-order valence-electron chi connectivity index (χ1n) is 8.74. The number of hydrogen-bond donors (Lipinski definition) is 0. The molecule has 0 amide bonds. The second kappa shape index (κ2) is 7.03. The normalized spacial score (nSPS) is 17.5. The standard InChI is InChI=1S/C21H21ClN2O/c1-2-25-24-12-9-15(10-13-24)20-19-8-7-18(22)14-17(19)6-5-16-4-3-11-23-21(16)20/h2-4,7-8,11,14H,1,5-6,9-10,12-13H2. The van der Waals surface area contributed by atoms with Gasteiger partial charge in [0, 0.05) is 29.9 Å². The van der Waals surface area contributed by atoms with Crippen LogP contribution in [0.25, 0.3) is 5.57 Å². The molecule has 0 unspecified atom stereocenters. The van der Waals surface area contributed by atoms with Crippen LogP contribution in [0.5, 0.6) is 0 Å². The predicted octanol–water partition coefficient (Wildman–Crippen LogP) is 4.81. The number of fused-ring (bicyclic) bond motifs is 2. The fraction of sp³-hybridized carbons (Fsp3) is 0.286. The fourth-order valence-corrected chi connectivity index (χ4v) is 4.04. The van der Waals surface area contributed by atoms with Gasteiger partial charge in [0.15, 0.2) is 0 Å². The number of piperidine rings is 1. The summed E-state index contributed by atoms with van der Waals surface area (Å²) in [6, 6.07) is 10.5. The number of aromatic nitrogens is 1. The van der Waals surface area contributed by atoms with Gasteiger partial charge in [-0.15, -0.1) is 5.06 Å². The molecule has 25 heavy (non-hydrogen) atoms. The second-order valence-electron chi connectivity index (χ2n) is 6.49. The molecular formula is C21H21ClN2O. The van der Waals surface area contributed by atoms with Crippen LogP contribution in [0.4, 0.5) is 0 Å². The van der Waals surface area contributed by atoms with E-state index in [9.17, 15) is 0 Å². The Balaban J connectivity index is 1.83. The van der Waals surface area contributed by atoms with Gasteiger partial charge in [-0.25, -0.2) is 0 Å². The van der Waals surface area contributed by atoms with Crippen molar-refractivity contribution in [2.45, 2.75) is 25.7 Å².